The van der Waals surface area contributed by atoms with Crippen LogP contribution in [0, 0.1) is 0 Å². The van der Waals surface area contributed by atoms with Crippen LogP contribution in [0.4, 0.5) is 17.1 Å². The molecule has 61 heavy (non-hydrogen) atoms. The Morgan fingerprint density at radius 2 is 0.885 bits per heavy atom. The molecule has 0 saturated carbocycles. The number of para-hydroxylation sites is 2. The van der Waals surface area contributed by atoms with E-state index in [1.54, 1.807) is 0 Å². The number of hydrogen-bond donors (Lipinski definition) is 0. The zero-order valence-electron chi connectivity index (χ0n) is 33.1. The molecule has 0 atom stereocenters. The van der Waals surface area contributed by atoms with Crippen molar-refractivity contribution < 1.29 is 4.42 Å². The van der Waals surface area contributed by atoms with Crippen LogP contribution >= 0.6 is 11.3 Å². The minimum Gasteiger partial charge on any atom is -0.454 e. The second-order valence-corrected chi connectivity index (χ2v) is 16.7. The van der Waals surface area contributed by atoms with Crippen molar-refractivity contribution >= 4 is 81.3 Å². The average Bonchev–Trinajstić information content (AvgIpc) is 3.91. The number of benzene rings is 10. The highest BCUT2D eigenvalue weighted by Gasteiger charge is 2.20. The van der Waals surface area contributed by atoms with Gasteiger partial charge in [-0.05, 0) is 104 Å². The maximum Gasteiger partial charge on any atom is 0.159 e. The lowest BCUT2D eigenvalue weighted by atomic mass is 9.97. The number of hydrogen-bond acceptors (Lipinski definition) is 3. The van der Waals surface area contributed by atoms with Crippen LogP contribution in [-0.4, -0.2) is 0 Å². The Balaban J connectivity index is 0.892. The molecule has 2 heterocycles. The summed E-state index contributed by atoms with van der Waals surface area (Å²) in [7, 11) is 0. The normalized spacial score (nSPS) is 11.6. The van der Waals surface area contributed by atoms with Crippen molar-refractivity contribution in [2.45, 2.75) is 0 Å². The molecule has 0 aliphatic heterocycles. The van der Waals surface area contributed by atoms with Gasteiger partial charge in [0, 0.05) is 42.3 Å². The van der Waals surface area contributed by atoms with Crippen LogP contribution in [0.1, 0.15) is 0 Å². The lowest BCUT2D eigenvalue weighted by Crippen LogP contribution is -2.10. The first kappa shape index (κ1) is 35.2. The molecule has 0 spiro atoms. The van der Waals surface area contributed by atoms with Crippen molar-refractivity contribution in [3.8, 4) is 44.5 Å². The molecule has 0 N–H and O–H groups in total. The molecule has 2 nitrogen and oxygen atoms in total. The van der Waals surface area contributed by atoms with Crippen LogP contribution in [0.25, 0.3) is 97.4 Å². The molecule has 0 aliphatic carbocycles. The van der Waals surface area contributed by atoms with Crippen molar-refractivity contribution in [3.63, 3.8) is 0 Å². The van der Waals surface area contributed by atoms with E-state index in [4.69, 9.17) is 4.42 Å². The van der Waals surface area contributed by atoms with Crippen molar-refractivity contribution in [3.05, 3.63) is 224 Å². The summed E-state index contributed by atoms with van der Waals surface area (Å²) < 4.78 is 9.26. The zero-order valence-corrected chi connectivity index (χ0v) is 33.9. The molecule has 0 bridgehead atoms. The first-order valence-electron chi connectivity index (χ1n) is 20.7. The molecular weight excluding hydrogens is 759 g/mol. The van der Waals surface area contributed by atoms with E-state index in [1.807, 2.05) is 23.5 Å². The molecule has 286 valence electrons. The Morgan fingerprint density at radius 3 is 1.67 bits per heavy atom. The van der Waals surface area contributed by atoms with Gasteiger partial charge in [0.25, 0.3) is 0 Å². The van der Waals surface area contributed by atoms with Gasteiger partial charge in [-0.3, -0.25) is 0 Å². The minimum absolute atomic E-state index is 0.867. The van der Waals surface area contributed by atoms with Gasteiger partial charge in [0.1, 0.15) is 5.58 Å². The summed E-state index contributed by atoms with van der Waals surface area (Å²) in [6, 6.07) is 81.0. The van der Waals surface area contributed by atoms with Crippen molar-refractivity contribution in [1.29, 1.82) is 0 Å². The van der Waals surface area contributed by atoms with Gasteiger partial charge in [0.2, 0.25) is 0 Å². The molecule has 0 unspecified atom stereocenters. The van der Waals surface area contributed by atoms with E-state index in [1.165, 1.54) is 69.9 Å². The highest BCUT2D eigenvalue weighted by molar-refractivity contribution is 7.26. The van der Waals surface area contributed by atoms with Crippen LogP contribution in [0.15, 0.2) is 229 Å². The third-order valence-electron chi connectivity index (χ3n) is 12.1. The summed E-state index contributed by atoms with van der Waals surface area (Å²) in [6.07, 6.45) is 0. The molecule has 12 aromatic rings. The first-order chi connectivity index (χ1) is 30.2. The average molecular weight is 796 g/mol. The van der Waals surface area contributed by atoms with Crippen LogP contribution in [0.2, 0.25) is 0 Å². The molecule has 0 amide bonds. The summed E-state index contributed by atoms with van der Waals surface area (Å²) in [5.74, 6) is 0. The summed E-state index contributed by atoms with van der Waals surface area (Å²) in [6.45, 7) is 0. The second-order valence-electron chi connectivity index (χ2n) is 15.6. The molecule has 0 radical (unpaired) electrons. The van der Waals surface area contributed by atoms with Crippen LogP contribution in [-0.2, 0) is 0 Å². The Labute approximate surface area is 357 Å². The van der Waals surface area contributed by atoms with Gasteiger partial charge in [-0.25, -0.2) is 0 Å². The monoisotopic (exact) mass is 795 g/mol. The molecule has 10 aromatic carbocycles. The van der Waals surface area contributed by atoms with Crippen LogP contribution in [0.3, 0.4) is 0 Å². The molecule has 0 aliphatic rings. The summed E-state index contributed by atoms with van der Waals surface area (Å²) in [4.78, 5) is 2.32. The van der Waals surface area contributed by atoms with Crippen molar-refractivity contribution in [2.24, 2.45) is 0 Å². The minimum atomic E-state index is 0.867. The number of rotatable bonds is 7. The van der Waals surface area contributed by atoms with Crippen molar-refractivity contribution in [2.75, 3.05) is 4.90 Å². The van der Waals surface area contributed by atoms with Gasteiger partial charge in [0.05, 0.1) is 5.69 Å². The second kappa shape index (κ2) is 14.5. The van der Waals surface area contributed by atoms with Gasteiger partial charge in [-0.2, -0.15) is 0 Å². The van der Waals surface area contributed by atoms with E-state index >= 15 is 0 Å². The van der Waals surface area contributed by atoms with E-state index in [-0.39, 0.29) is 0 Å². The van der Waals surface area contributed by atoms with E-state index in [0.29, 0.717) is 0 Å². The highest BCUT2D eigenvalue weighted by Crippen LogP contribution is 2.44. The highest BCUT2D eigenvalue weighted by atomic mass is 32.1. The Hall–Kier alpha value is -7.72. The molecule has 3 heteroatoms. The first-order valence-corrected chi connectivity index (χ1v) is 21.6. The predicted molar refractivity (Wildman–Crippen MR) is 261 cm³/mol. The summed E-state index contributed by atoms with van der Waals surface area (Å²) in [5, 5.41) is 7.33. The topological polar surface area (TPSA) is 16.4 Å². The molecule has 2 aromatic heterocycles. The standard InChI is InChI=1S/C58H37NOS/c1-2-11-42(12-3-1)49-18-9-20-52-53-37-44(31-36-56(53)61-58(49)52)40-25-23-38(24-26-40)39-27-32-45(33-28-39)59(54-21-10-19-51-50-16-6-7-22-55(50)60-57(51)54)46-34-29-43(30-35-46)48-17-8-14-41-13-4-5-15-47(41)48/h1-37H. The Kier molecular flexibility index (Phi) is 8.39. The third-order valence-corrected chi connectivity index (χ3v) is 13.3. The zero-order chi connectivity index (χ0) is 40.3. The van der Waals surface area contributed by atoms with Crippen molar-refractivity contribution in [1.82, 2.24) is 0 Å². The summed E-state index contributed by atoms with van der Waals surface area (Å²) >= 11 is 1.88. The lowest BCUT2D eigenvalue weighted by Gasteiger charge is -2.26. The molecular formula is C58H37NOS. The lowest BCUT2D eigenvalue weighted by molar-refractivity contribution is 0.669. The van der Waals surface area contributed by atoms with E-state index in [9.17, 15) is 0 Å². The van der Waals surface area contributed by atoms with Crippen LogP contribution in [0.5, 0.6) is 0 Å². The number of nitrogens with zero attached hydrogens (tertiary/aromatic N) is 1. The van der Waals surface area contributed by atoms with Gasteiger partial charge >= 0.3 is 0 Å². The van der Waals surface area contributed by atoms with E-state index < -0.39 is 0 Å². The Morgan fingerprint density at radius 1 is 0.344 bits per heavy atom. The maximum absolute atomic E-state index is 6.61. The fourth-order valence-corrected chi connectivity index (χ4v) is 10.3. The Bertz CT molecular complexity index is 3560. The number of furan rings is 1. The largest absolute Gasteiger partial charge is 0.454 e. The fraction of sp³-hybridized carbons (Fsp3) is 0. The molecule has 0 fully saturated rings. The van der Waals surface area contributed by atoms with Gasteiger partial charge < -0.3 is 9.32 Å². The van der Waals surface area contributed by atoms with Gasteiger partial charge in [0.15, 0.2) is 5.58 Å². The predicted octanol–water partition coefficient (Wildman–Crippen LogP) is 17.2. The maximum atomic E-state index is 6.61. The molecule has 0 saturated heterocycles. The third kappa shape index (κ3) is 6.09. The van der Waals surface area contributed by atoms with Gasteiger partial charge in [-0.15, -0.1) is 11.3 Å². The number of fused-ring (bicyclic) bond motifs is 7. The summed E-state index contributed by atoms with van der Waals surface area (Å²) in [5.41, 5.74) is 14.6. The molecule has 12 rings (SSSR count). The fourth-order valence-electron chi connectivity index (χ4n) is 9.08. The SMILES string of the molecule is c1ccc(-c2cccc3c2sc2ccc(-c4ccc(-c5ccc(N(c6ccc(-c7cccc8ccccc78)cc6)c6cccc7c6oc6ccccc67)cc5)cc4)cc23)cc1. The quantitative estimate of drug-likeness (QED) is 0.160. The van der Waals surface area contributed by atoms with Gasteiger partial charge in [-0.1, -0.05) is 176 Å². The van der Waals surface area contributed by atoms with E-state index in [2.05, 4.69) is 217 Å². The number of anilines is 3. The number of thiophene rings is 1. The van der Waals surface area contributed by atoms with Crippen LogP contribution < -0.4 is 4.90 Å². The smallest absolute Gasteiger partial charge is 0.159 e. The van der Waals surface area contributed by atoms with E-state index in [0.717, 1.165) is 44.6 Å².